The molecule has 0 radical (unpaired) electrons. The lowest BCUT2D eigenvalue weighted by Crippen LogP contribution is -2.17. The van der Waals surface area contributed by atoms with Crippen LogP contribution < -0.4 is 10.5 Å². The van der Waals surface area contributed by atoms with E-state index in [-0.39, 0.29) is 17.6 Å². The largest absolute Gasteiger partial charge is 0.486 e. The van der Waals surface area contributed by atoms with Gasteiger partial charge >= 0.3 is 0 Å². The van der Waals surface area contributed by atoms with Crippen LogP contribution in [-0.4, -0.2) is 12.6 Å². The zero-order valence-electron chi connectivity index (χ0n) is 10.7. The number of halogens is 1. The van der Waals surface area contributed by atoms with E-state index in [1.54, 1.807) is 6.07 Å². The Kier molecular flexibility index (Phi) is 5.16. The summed E-state index contributed by atoms with van der Waals surface area (Å²) in [6.45, 7) is 6.25. The van der Waals surface area contributed by atoms with Crippen LogP contribution in [0.2, 0.25) is 0 Å². The Morgan fingerprint density at radius 3 is 2.71 bits per heavy atom. The minimum atomic E-state index is -0.328. The molecule has 17 heavy (non-hydrogen) atoms. The summed E-state index contributed by atoms with van der Waals surface area (Å²) in [5.74, 6) is -0.0405. The molecule has 0 aliphatic carbocycles. The molecule has 1 rings (SSSR count). The lowest BCUT2D eigenvalue weighted by atomic mass is 10.1. The molecule has 0 aliphatic rings. The predicted molar refractivity (Wildman–Crippen MR) is 68.7 cm³/mol. The van der Waals surface area contributed by atoms with Gasteiger partial charge in [0.25, 0.3) is 0 Å². The fourth-order valence-electron chi connectivity index (χ4n) is 1.46. The monoisotopic (exact) mass is 237 g/mol. The Morgan fingerprint density at radius 2 is 2.18 bits per heavy atom. The van der Waals surface area contributed by atoms with Crippen molar-refractivity contribution in [1.29, 1.82) is 0 Å². The van der Waals surface area contributed by atoms with Crippen molar-refractivity contribution in [3.63, 3.8) is 0 Å². The van der Waals surface area contributed by atoms with Crippen molar-refractivity contribution in [2.24, 2.45) is 5.73 Å². The molecule has 0 spiro atoms. The summed E-state index contributed by atoms with van der Waals surface area (Å²) in [4.78, 5) is 0. The van der Waals surface area contributed by atoms with Crippen molar-refractivity contribution < 1.29 is 9.13 Å². The molecule has 0 aromatic heterocycles. The maximum atomic E-state index is 13.6. The second kappa shape index (κ2) is 6.40. The van der Waals surface area contributed by atoms with Crippen LogP contribution in [0.25, 0.3) is 0 Å². The number of rotatable bonds is 5. The average molecular weight is 237 g/mol. The second-order valence-corrected chi connectivity index (χ2v) is 4.54. The van der Waals surface area contributed by atoms with Crippen LogP contribution in [0.4, 0.5) is 4.39 Å². The van der Waals surface area contributed by atoms with Crippen molar-refractivity contribution in [3.8, 4) is 5.75 Å². The zero-order valence-corrected chi connectivity index (χ0v) is 10.7. The normalized spacial score (nSPS) is 12.1. The van der Waals surface area contributed by atoms with E-state index in [0.29, 0.717) is 13.0 Å². The maximum Gasteiger partial charge on any atom is 0.165 e. The lowest BCUT2D eigenvalue weighted by molar-refractivity contribution is 0.340. The Hall–Kier alpha value is -1.35. The smallest absolute Gasteiger partial charge is 0.165 e. The highest BCUT2D eigenvalue weighted by molar-refractivity contribution is 5.30. The third kappa shape index (κ3) is 5.00. The van der Waals surface area contributed by atoms with Crippen molar-refractivity contribution in [2.75, 3.05) is 6.61 Å². The van der Waals surface area contributed by atoms with Gasteiger partial charge < -0.3 is 10.5 Å². The van der Waals surface area contributed by atoms with Gasteiger partial charge in [-0.15, -0.1) is 0 Å². The van der Waals surface area contributed by atoms with Gasteiger partial charge in [0.15, 0.2) is 11.6 Å². The van der Waals surface area contributed by atoms with E-state index in [9.17, 15) is 4.39 Å². The van der Waals surface area contributed by atoms with Crippen molar-refractivity contribution >= 4 is 0 Å². The van der Waals surface area contributed by atoms with Crippen LogP contribution in [0.15, 0.2) is 29.8 Å². The Labute approximate surface area is 102 Å². The van der Waals surface area contributed by atoms with Gasteiger partial charge in [-0.1, -0.05) is 11.6 Å². The van der Waals surface area contributed by atoms with Crippen LogP contribution in [0.1, 0.15) is 26.3 Å². The van der Waals surface area contributed by atoms with Crippen molar-refractivity contribution in [2.45, 2.75) is 33.2 Å². The third-order valence-electron chi connectivity index (χ3n) is 2.28. The first-order valence-corrected chi connectivity index (χ1v) is 5.79. The molecule has 3 heteroatoms. The number of ether oxygens (including phenoxy) is 1. The van der Waals surface area contributed by atoms with Gasteiger partial charge in [-0.3, -0.25) is 0 Å². The van der Waals surface area contributed by atoms with E-state index in [4.69, 9.17) is 10.5 Å². The molecule has 0 aliphatic heterocycles. The molecule has 94 valence electrons. The highest BCUT2D eigenvalue weighted by atomic mass is 19.1. The van der Waals surface area contributed by atoms with Crippen LogP contribution in [0.3, 0.4) is 0 Å². The molecule has 1 aromatic carbocycles. The number of hydrogen-bond acceptors (Lipinski definition) is 2. The minimum absolute atomic E-state index is 0.0341. The number of benzene rings is 1. The summed E-state index contributed by atoms with van der Waals surface area (Å²) in [6, 6.07) is 5.03. The topological polar surface area (TPSA) is 35.2 Å². The average Bonchev–Trinajstić information content (AvgIpc) is 2.20. The molecule has 1 aromatic rings. The second-order valence-electron chi connectivity index (χ2n) is 4.54. The molecule has 0 bridgehead atoms. The predicted octanol–water partition coefficient (Wildman–Crippen LogP) is 3.06. The van der Waals surface area contributed by atoms with Gasteiger partial charge in [0.2, 0.25) is 0 Å². The Bertz CT molecular complexity index is 395. The molecule has 0 saturated heterocycles. The highest BCUT2D eigenvalue weighted by Crippen LogP contribution is 2.19. The number of allylic oxidation sites excluding steroid dienone is 1. The quantitative estimate of drug-likeness (QED) is 0.799. The Balaban J connectivity index is 2.66. The lowest BCUT2D eigenvalue weighted by Gasteiger charge is -2.09. The third-order valence-corrected chi connectivity index (χ3v) is 2.28. The van der Waals surface area contributed by atoms with E-state index in [1.165, 1.54) is 6.07 Å². The van der Waals surface area contributed by atoms with Gasteiger partial charge in [-0.2, -0.15) is 0 Å². The standard InChI is InChI=1S/C14H20FNO/c1-10(2)6-7-17-14-5-4-12(8-11(3)16)9-13(14)15/h4-6,9,11H,7-8,16H2,1-3H3. The van der Waals surface area contributed by atoms with Gasteiger partial charge in [-0.05, 0) is 51.0 Å². The molecule has 0 saturated carbocycles. The number of nitrogens with two attached hydrogens (primary N) is 1. The fourth-order valence-corrected chi connectivity index (χ4v) is 1.46. The van der Waals surface area contributed by atoms with Crippen molar-refractivity contribution in [3.05, 3.63) is 41.2 Å². The fraction of sp³-hybridized carbons (Fsp3) is 0.429. The van der Waals surface area contributed by atoms with Crippen LogP contribution >= 0.6 is 0 Å². The minimum Gasteiger partial charge on any atom is -0.486 e. The molecule has 0 fully saturated rings. The van der Waals surface area contributed by atoms with Crippen molar-refractivity contribution in [1.82, 2.24) is 0 Å². The summed E-state index contributed by atoms with van der Waals surface area (Å²) < 4.78 is 19.0. The molecular formula is C14H20FNO. The summed E-state index contributed by atoms with van der Waals surface area (Å²) in [7, 11) is 0. The SMILES string of the molecule is CC(C)=CCOc1ccc(CC(C)N)cc1F. The number of hydrogen-bond donors (Lipinski definition) is 1. The summed E-state index contributed by atoms with van der Waals surface area (Å²) in [5, 5.41) is 0. The van der Waals surface area contributed by atoms with Gasteiger partial charge in [0.1, 0.15) is 6.61 Å². The molecular weight excluding hydrogens is 217 g/mol. The van der Waals surface area contributed by atoms with Gasteiger partial charge in [-0.25, -0.2) is 4.39 Å². The highest BCUT2D eigenvalue weighted by Gasteiger charge is 2.05. The van der Waals surface area contributed by atoms with E-state index < -0.39 is 0 Å². The summed E-state index contributed by atoms with van der Waals surface area (Å²) in [5.41, 5.74) is 7.71. The maximum absolute atomic E-state index is 13.6. The molecule has 1 unspecified atom stereocenters. The zero-order chi connectivity index (χ0) is 12.8. The first kappa shape index (κ1) is 13.7. The first-order chi connectivity index (χ1) is 7.99. The van der Waals surface area contributed by atoms with Crippen LogP contribution in [0.5, 0.6) is 5.75 Å². The van der Waals surface area contributed by atoms with Gasteiger partial charge in [0, 0.05) is 6.04 Å². The summed E-state index contributed by atoms with van der Waals surface area (Å²) >= 11 is 0. The first-order valence-electron chi connectivity index (χ1n) is 5.79. The Morgan fingerprint density at radius 1 is 1.47 bits per heavy atom. The van der Waals surface area contributed by atoms with E-state index in [1.807, 2.05) is 32.9 Å². The van der Waals surface area contributed by atoms with E-state index >= 15 is 0 Å². The van der Waals surface area contributed by atoms with E-state index in [0.717, 1.165) is 11.1 Å². The van der Waals surface area contributed by atoms with Crippen LogP contribution in [0, 0.1) is 5.82 Å². The molecule has 0 heterocycles. The van der Waals surface area contributed by atoms with E-state index in [2.05, 4.69) is 0 Å². The summed E-state index contributed by atoms with van der Waals surface area (Å²) in [6.07, 6.45) is 2.58. The molecule has 1 atom stereocenters. The molecule has 2 nitrogen and oxygen atoms in total. The van der Waals surface area contributed by atoms with Gasteiger partial charge in [0.05, 0.1) is 0 Å². The molecule has 0 amide bonds. The van der Waals surface area contributed by atoms with Crippen LogP contribution in [-0.2, 0) is 6.42 Å². The molecule has 2 N–H and O–H groups in total.